The maximum Gasteiger partial charge on any atom is 0.305 e. The molecular formula is C24H22N4O6S. The summed E-state index contributed by atoms with van der Waals surface area (Å²) in [5.41, 5.74) is 4.23. The summed E-state index contributed by atoms with van der Waals surface area (Å²) < 4.78 is 31.8. The molecule has 0 aliphatic rings. The minimum atomic E-state index is -3.72. The highest BCUT2D eigenvalue weighted by Gasteiger charge is 2.24. The van der Waals surface area contributed by atoms with Gasteiger partial charge in [0.2, 0.25) is 0 Å². The zero-order chi connectivity index (χ0) is 25.2. The van der Waals surface area contributed by atoms with Gasteiger partial charge < -0.3 is 4.42 Å². The summed E-state index contributed by atoms with van der Waals surface area (Å²) in [6.45, 7) is 3.52. The molecule has 0 radical (unpaired) electrons. The maximum absolute atomic E-state index is 12.9. The summed E-state index contributed by atoms with van der Waals surface area (Å²) in [6.07, 6.45) is 1.19. The van der Waals surface area contributed by atoms with Gasteiger partial charge in [0.25, 0.3) is 11.5 Å². The monoisotopic (exact) mass is 494 g/mol. The first-order valence-corrected chi connectivity index (χ1v) is 12.3. The smallest absolute Gasteiger partial charge is 0.305 e. The molecule has 2 amide bonds. The van der Waals surface area contributed by atoms with Gasteiger partial charge in [-0.2, -0.15) is 5.10 Å². The van der Waals surface area contributed by atoms with Gasteiger partial charge in [-0.05, 0) is 38.1 Å². The van der Waals surface area contributed by atoms with Gasteiger partial charge in [0.15, 0.2) is 21.3 Å². The molecule has 0 aliphatic heterocycles. The molecule has 2 aromatic heterocycles. The number of hydrazine groups is 1. The van der Waals surface area contributed by atoms with Gasteiger partial charge in [-0.1, -0.05) is 36.4 Å². The average Bonchev–Trinajstić information content (AvgIpc) is 3.30. The molecule has 2 heterocycles. The number of carbonyl (C=O) groups is 2. The van der Waals surface area contributed by atoms with E-state index in [0.29, 0.717) is 10.8 Å². The Labute approximate surface area is 200 Å². The Bertz CT molecular complexity index is 1570. The Kier molecular flexibility index (Phi) is 6.52. The quantitative estimate of drug-likeness (QED) is 0.393. The zero-order valence-corrected chi connectivity index (χ0v) is 19.7. The van der Waals surface area contributed by atoms with Crippen molar-refractivity contribution in [3.63, 3.8) is 0 Å². The van der Waals surface area contributed by atoms with Crippen LogP contribution < -0.4 is 16.4 Å². The molecule has 35 heavy (non-hydrogen) atoms. The first-order valence-electron chi connectivity index (χ1n) is 10.7. The van der Waals surface area contributed by atoms with Crippen LogP contribution in [-0.2, 0) is 15.6 Å². The van der Waals surface area contributed by atoms with Gasteiger partial charge in [-0.3, -0.25) is 25.2 Å². The van der Waals surface area contributed by atoms with E-state index in [1.54, 1.807) is 56.3 Å². The Morgan fingerprint density at radius 1 is 0.943 bits per heavy atom. The molecule has 180 valence electrons. The predicted molar refractivity (Wildman–Crippen MR) is 127 cm³/mol. The zero-order valence-electron chi connectivity index (χ0n) is 18.9. The first-order chi connectivity index (χ1) is 16.7. The maximum atomic E-state index is 12.9. The molecule has 11 heteroatoms. The summed E-state index contributed by atoms with van der Waals surface area (Å²) in [6, 6.07) is 15.4. The topological polar surface area (TPSA) is 140 Å². The van der Waals surface area contributed by atoms with E-state index in [9.17, 15) is 22.8 Å². The number of carbonyl (C=O) groups excluding carboxylic acids is 2. The average molecular weight is 495 g/mol. The lowest BCUT2D eigenvalue weighted by Gasteiger charge is -2.13. The second-order valence-corrected chi connectivity index (χ2v) is 9.98. The molecule has 0 bridgehead atoms. The van der Waals surface area contributed by atoms with Gasteiger partial charge in [0, 0.05) is 10.9 Å². The van der Waals surface area contributed by atoms with Crippen LogP contribution in [0.3, 0.4) is 0 Å². The Balaban J connectivity index is 1.55. The van der Waals surface area contributed by atoms with Crippen LogP contribution >= 0.6 is 0 Å². The lowest BCUT2D eigenvalue weighted by Crippen LogP contribution is -2.43. The van der Waals surface area contributed by atoms with Crippen molar-refractivity contribution in [2.24, 2.45) is 0 Å². The van der Waals surface area contributed by atoms with Crippen molar-refractivity contribution in [1.29, 1.82) is 0 Å². The molecule has 4 aromatic rings. The van der Waals surface area contributed by atoms with Crippen molar-refractivity contribution in [1.82, 2.24) is 20.6 Å². The number of rotatable bonds is 6. The van der Waals surface area contributed by atoms with Gasteiger partial charge in [-0.25, -0.2) is 13.1 Å². The van der Waals surface area contributed by atoms with E-state index in [2.05, 4.69) is 16.0 Å². The van der Waals surface area contributed by atoms with Gasteiger partial charge in [-0.15, -0.1) is 0 Å². The summed E-state index contributed by atoms with van der Waals surface area (Å²) in [5, 5.41) is 4.82. The van der Waals surface area contributed by atoms with Crippen LogP contribution in [0.25, 0.3) is 10.8 Å². The second kappa shape index (κ2) is 9.55. The number of furan rings is 1. The van der Waals surface area contributed by atoms with Crippen LogP contribution in [0.1, 0.15) is 46.5 Å². The Morgan fingerprint density at radius 2 is 1.57 bits per heavy atom. The fourth-order valence-electron chi connectivity index (χ4n) is 3.52. The number of hydrogen-bond donors (Lipinski definition) is 2. The summed E-state index contributed by atoms with van der Waals surface area (Å²) in [7, 11) is -3.72. The third kappa shape index (κ3) is 4.85. The predicted octanol–water partition coefficient (Wildman–Crippen LogP) is 2.62. The van der Waals surface area contributed by atoms with E-state index in [-0.39, 0.29) is 33.5 Å². The number of nitrogens with one attached hydrogen (secondary N) is 2. The molecule has 10 nitrogen and oxygen atoms in total. The van der Waals surface area contributed by atoms with Crippen molar-refractivity contribution in [3.05, 3.63) is 94.3 Å². The van der Waals surface area contributed by atoms with E-state index in [1.807, 2.05) is 0 Å². The van der Waals surface area contributed by atoms with E-state index >= 15 is 0 Å². The minimum absolute atomic E-state index is 0.0551. The highest BCUT2D eigenvalue weighted by atomic mass is 32.2. The molecule has 2 aromatic carbocycles. The summed E-state index contributed by atoms with van der Waals surface area (Å²) in [4.78, 5) is 38.3. The van der Waals surface area contributed by atoms with Crippen molar-refractivity contribution in [3.8, 4) is 0 Å². The highest BCUT2D eigenvalue weighted by molar-refractivity contribution is 7.90. The molecule has 2 N–H and O–H groups in total. The van der Waals surface area contributed by atoms with Gasteiger partial charge in [0.05, 0.1) is 28.3 Å². The number of benzene rings is 2. The molecule has 0 atom stereocenters. The normalized spacial score (nSPS) is 11.5. The van der Waals surface area contributed by atoms with Crippen molar-refractivity contribution >= 4 is 32.4 Å². The van der Waals surface area contributed by atoms with Crippen LogP contribution in [-0.4, -0.2) is 30.0 Å². The number of hydrogen-bond acceptors (Lipinski definition) is 7. The third-order valence-corrected chi connectivity index (χ3v) is 6.90. The molecule has 0 saturated heterocycles. The van der Waals surface area contributed by atoms with E-state index in [4.69, 9.17) is 4.42 Å². The van der Waals surface area contributed by atoms with E-state index in [1.165, 1.54) is 29.1 Å². The number of fused-ring (bicyclic) bond motifs is 1. The molecule has 4 rings (SSSR count). The molecule has 0 spiro atoms. The Hall–Kier alpha value is -4.25. The lowest BCUT2D eigenvalue weighted by molar-refractivity contribution is 0.0827. The SMILES string of the molecule is CC(C)n1nc(C(=O)NNC(=O)c2occc2CS(=O)(=O)c2ccccc2)c2ccccc2c1=O. The van der Waals surface area contributed by atoms with Crippen molar-refractivity contribution < 1.29 is 22.4 Å². The molecule has 0 saturated carbocycles. The first kappa shape index (κ1) is 23.9. The lowest BCUT2D eigenvalue weighted by atomic mass is 10.1. The number of aromatic nitrogens is 2. The fourth-order valence-corrected chi connectivity index (χ4v) is 4.89. The van der Waals surface area contributed by atoms with Gasteiger partial charge in [0.1, 0.15) is 0 Å². The third-order valence-electron chi connectivity index (χ3n) is 5.22. The molecule has 0 unspecified atom stereocenters. The second-order valence-electron chi connectivity index (χ2n) is 7.99. The van der Waals surface area contributed by atoms with Crippen LogP contribution in [0.2, 0.25) is 0 Å². The number of amides is 2. The van der Waals surface area contributed by atoms with Gasteiger partial charge >= 0.3 is 5.91 Å². The molecule has 0 fully saturated rings. The van der Waals surface area contributed by atoms with Crippen LogP contribution in [0.15, 0.2) is 81.0 Å². The highest BCUT2D eigenvalue weighted by Crippen LogP contribution is 2.20. The van der Waals surface area contributed by atoms with Crippen LogP contribution in [0.5, 0.6) is 0 Å². The summed E-state index contributed by atoms with van der Waals surface area (Å²) in [5.74, 6) is -2.32. The van der Waals surface area contributed by atoms with E-state index in [0.717, 1.165) is 0 Å². The van der Waals surface area contributed by atoms with Crippen LogP contribution in [0.4, 0.5) is 0 Å². The summed E-state index contributed by atoms with van der Waals surface area (Å²) >= 11 is 0. The largest absolute Gasteiger partial charge is 0.459 e. The van der Waals surface area contributed by atoms with Crippen molar-refractivity contribution in [2.75, 3.05) is 0 Å². The minimum Gasteiger partial charge on any atom is -0.459 e. The molecule has 0 aliphatic carbocycles. The number of nitrogens with zero attached hydrogens (tertiary/aromatic N) is 2. The van der Waals surface area contributed by atoms with E-state index < -0.39 is 27.4 Å². The standard InChI is InChI=1S/C24H22N4O6S/c1-15(2)28-24(31)19-11-7-6-10-18(19)20(27-28)22(29)25-26-23(30)21-16(12-13-34-21)14-35(32,33)17-8-4-3-5-9-17/h3-13,15H,14H2,1-2H3,(H,25,29)(H,26,30). The Morgan fingerprint density at radius 3 is 2.26 bits per heavy atom. The molecular weight excluding hydrogens is 472 g/mol. The van der Waals surface area contributed by atoms with Crippen LogP contribution in [0, 0.1) is 0 Å². The number of sulfone groups is 1. The van der Waals surface area contributed by atoms with Crippen molar-refractivity contribution in [2.45, 2.75) is 30.5 Å². The fraction of sp³-hybridized carbons (Fsp3) is 0.167.